The average molecular weight is 629 g/mol. The molecule has 0 aromatic heterocycles. The van der Waals surface area contributed by atoms with Crippen LogP contribution in [0.4, 0.5) is 11.4 Å². The van der Waals surface area contributed by atoms with Crippen LogP contribution in [-0.2, 0) is 14.3 Å². The number of carbonyl (C=O) groups is 3. The zero-order chi connectivity index (χ0) is 32.2. The first kappa shape index (κ1) is 30.2. The third-order valence-corrected chi connectivity index (χ3v) is 8.82. The van der Waals surface area contributed by atoms with Crippen molar-refractivity contribution in [3.8, 4) is 0 Å². The third-order valence-electron chi connectivity index (χ3n) is 8.82. The Morgan fingerprint density at radius 1 is 0.809 bits per heavy atom. The highest BCUT2D eigenvalue weighted by Crippen LogP contribution is 2.48. The number of rotatable bonds is 9. The van der Waals surface area contributed by atoms with Crippen LogP contribution in [0.1, 0.15) is 38.9 Å². The highest BCUT2D eigenvalue weighted by atomic mass is 16.6. The lowest BCUT2D eigenvalue weighted by molar-refractivity contribution is -0.116. The number of epoxide rings is 1. The van der Waals surface area contributed by atoms with Crippen LogP contribution in [0.2, 0.25) is 0 Å². The third kappa shape index (κ3) is 7.18. The summed E-state index contributed by atoms with van der Waals surface area (Å²) in [6.07, 6.45) is 26.0. The predicted molar refractivity (Wildman–Crippen MR) is 187 cm³/mol. The molecule has 2 aromatic rings. The maximum Gasteiger partial charge on any atom is 0.255 e. The molecule has 0 bridgehead atoms. The lowest BCUT2D eigenvalue weighted by Crippen LogP contribution is -2.38. The van der Waals surface area contributed by atoms with Gasteiger partial charge in [0, 0.05) is 42.6 Å². The van der Waals surface area contributed by atoms with Gasteiger partial charge in [-0.15, -0.1) is 0 Å². The zero-order valence-corrected chi connectivity index (χ0v) is 25.8. The standard InChI is InChI=1S/C39H36N4O4.2H2/c44-35(26-11-5-2-1-3-6-12-26)40-31-17-19-32(20-18-31)42-38-34(47-38)28-15-9-10-16-29(23-28)36(45)41-33-21-22-39(25-30(39)24-33)43-37(46)27-13-7-4-8-14-27;;/h2-11,13-14,16-24,30,34,38,42H,1,12,15,25H2,(H,40,44)(H,41,45)(H,43,46);2*1H/b5-2-,6-3-,26-11+;;. The van der Waals surface area contributed by atoms with E-state index in [1.54, 1.807) is 12.1 Å². The van der Waals surface area contributed by atoms with Crippen molar-refractivity contribution < 1.29 is 22.0 Å². The first-order chi connectivity index (χ1) is 23.0. The molecule has 2 aromatic carbocycles. The molecule has 1 heterocycles. The first-order valence-corrected chi connectivity index (χ1v) is 16.0. The fourth-order valence-corrected chi connectivity index (χ4v) is 6.00. The Balaban J connectivity index is 0.00000234. The van der Waals surface area contributed by atoms with Gasteiger partial charge in [-0.2, -0.15) is 0 Å². The molecule has 0 radical (unpaired) electrons. The Morgan fingerprint density at radius 2 is 1.62 bits per heavy atom. The molecule has 4 N–H and O–H groups in total. The summed E-state index contributed by atoms with van der Waals surface area (Å²) < 4.78 is 5.97. The van der Waals surface area contributed by atoms with Crippen LogP contribution in [-0.4, -0.2) is 35.6 Å². The van der Waals surface area contributed by atoms with E-state index in [1.165, 1.54) is 0 Å². The van der Waals surface area contributed by atoms with Crippen LogP contribution in [0.25, 0.3) is 0 Å². The van der Waals surface area contributed by atoms with Gasteiger partial charge in [-0.3, -0.25) is 14.4 Å². The van der Waals surface area contributed by atoms with E-state index in [2.05, 4.69) is 27.3 Å². The lowest BCUT2D eigenvalue weighted by atomic mass is 10.0. The largest absolute Gasteiger partial charge is 0.358 e. The Bertz CT molecular complexity index is 1840. The molecule has 4 aliphatic carbocycles. The van der Waals surface area contributed by atoms with Crippen LogP contribution in [0.5, 0.6) is 0 Å². The predicted octanol–water partition coefficient (Wildman–Crippen LogP) is 6.66. The quantitative estimate of drug-likeness (QED) is 0.183. The minimum atomic E-state index is -0.389. The Hall–Kier alpha value is -5.47. The number of ether oxygens (including phenoxy) is 1. The summed E-state index contributed by atoms with van der Waals surface area (Å²) in [5.41, 5.74) is 4.82. The molecule has 4 atom stereocenters. The highest BCUT2D eigenvalue weighted by molar-refractivity contribution is 6.04. The van der Waals surface area contributed by atoms with Crippen LogP contribution in [0.15, 0.2) is 150 Å². The molecule has 1 saturated heterocycles. The molecule has 2 fully saturated rings. The Kier molecular flexibility index (Phi) is 8.42. The van der Waals surface area contributed by atoms with Crippen molar-refractivity contribution in [3.63, 3.8) is 0 Å². The summed E-state index contributed by atoms with van der Waals surface area (Å²) >= 11 is 0. The van der Waals surface area contributed by atoms with Crippen molar-refractivity contribution in [2.24, 2.45) is 5.92 Å². The summed E-state index contributed by atoms with van der Waals surface area (Å²) in [6, 6.07) is 16.7. The van der Waals surface area contributed by atoms with E-state index in [4.69, 9.17) is 4.74 Å². The molecule has 8 nitrogen and oxygen atoms in total. The number of hydrogen-bond donors (Lipinski definition) is 4. The van der Waals surface area contributed by atoms with Crippen LogP contribution in [0, 0.1) is 5.92 Å². The molecule has 1 aliphatic heterocycles. The van der Waals surface area contributed by atoms with Gasteiger partial charge in [-0.05, 0) is 85.9 Å². The summed E-state index contributed by atoms with van der Waals surface area (Å²) in [4.78, 5) is 38.7. The number of anilines is 2. The number of allylic oxidation sites excluding steroid dienone is 9. The molecular weight excluding hydrogens is 588 g/mol. The minimum Gasteiger partial charge on any atom is -0.358 e. The summed E-state index contributed by atoms with van der Waals surface area (Å²) in [5.74, 6) is -0.272. The average Bonchev–Trinajstić information content (AvgIpc) is 3.98. The fraction of sp³-hybridized carbons (Fsp3) is 0.205. The SMILES string of the molecule is O=C(NC1=CC2CC2(NC(=O)c2ccccc2)C=C1)C1=CC=CCC(C2OC2Nc2ccc(NC(=O)/C3=C/C=C\C/C=C\C3)cc2)=C1.[HH].[HH]. The van der Waals surface area contributed by atoms with E-state index in [0.29, 0.717) is 29.6 Å². The van der Waals surface area contributed by atoms with Gasteiger partial charge in [0.2, 0.25) is 0 Å². The van der Waals surface area contributed by atoms with Gasteiger partial charge in [0.25, 0.3) is 17.7 Å². The van der Waals surface area contributed by atoms with Crippen LogP contribution < -0.4 is 21.3 Å². The van der Waals surface area contributed by atoms with Gasteiger partial charge in [0.05, 0.1) is 5.54 Å². The molecule has 5 aliphatic rings. The fourth-order valence-electron chi connectivity index (χ4n) is 6.00. The molecule has 0 spiro atoms. The summed E-state index contributed by atoms with van der Waals surface area (Å²) in [7, 11) is 0. The highest BCUT2D eigenvalue weighted by Gasteiger charge is 2.53. The smallest absolute Gasteiger partial charge is 0.255 e. The van der Waals surface area contributed by atoms with Crippen molar-refractivity contribution >= 4 is 29.1 Å². The zero-order valence-electron chi connectivity index (χ0n) is 25.8. The molecular formula is C39H40N4O4. The second-order valence-electron chi connectivity index (χ2n) is 12.2. The number of fused-ring (bicyclic) bond motifs is 1. The number of nitrogens with one attached hydrogen (secondary N) is 4. The topological polar surface area (TPSA) is 112 Å². The Morgan fingerprint density at radius 3 is 2.45 bits per heavy atom. The van der Waals surface area contributed by atoms with Crippen molar-refractivity contribution in [1.29, 1.82) is 0 Å². The first-order valence-electron chi connectivity index (χ1n) is 16.0. The normalized spacial score (nSPS) is 27.8. The molecule has 47 heavy (non-hydrogen) atoms. The van der Waals surface area contributed by atoms with Gasteiger partial charge in [0.15, 0.2) is 6.23 Å². The number of benzene rings is 2. The van der Waals surface area contributed by atoms with E-state index < -0.39 is 0 Å². The van der Waals surface area contributed by atoms with Crippen LogP contribution >= 0.6 is 0 Å². The Labute approximate surface area is 277 Å². The van der Waals surface area contributed by atoms with Crippen molar-refractivity contribution in [1.82, 2.24) is 10.6 Å². The number of amides is 3. The summed E-state index contributed by atoms with van der Waals surface area (Å²) in [6.45, 7) is 0. The monoisotopic (exact) mass is 628 g/mol. The molecule has 3 amide bonds. The van der Waals surface area contributed by atoms with Crippen LogP contribution in [0.3, 0.4) is 0 Å². The number of hydrogen-bond acceptors (Lipinski definition) is 5. The molecule has 8 heteroatoms. The molecule has 1 saturated carbocycles. The number of carbonyl (C=O) groups excluding carboxylic acids is 3. The van der Waals surface area contributed by atoms with Crippen molar-refractivity contribution in [2.45, 2.75) is 43.6 Å². The summed E-state index contributed by atoms with van der Waals surface area (Å²) in [5, 5.41) is 12.5. The van der Waals surface area contributed by atoms with Gasteiger partial charge in [-0.1, -0.05) is 72.9 Å². The second kappa shape index (κ2) is 13.1. The van der Waals surface area contributed by atoms with Crippen molar-refractivity contribution in [2.75, 3.05) is 10.6 Å². The minimum absolute atomic E-state index is 0. The second-order valence-corrected chi connectivity index (χ2v) is 12.2. The van der Waals surface area contributed by atoms with Crippen molar-refractivity contribution in [3.05, 3.63) is 155 Å². The van der Waals surface area contributed by atoms with Gasteiger partial charge < -0.3 is 26.0 Å². The van der Waals surface area contributed by atoms with E-state index in [-0.39, 0.29) is 44.4 Å². The maximum absolute atomic E-state index is 13.3. The molecule has 240 valence electrons. The van der Waals surface area contributed by atoms with E-state index in [1.807, 2.05) is 109 Å². The molecule has 4 unspecified atom stereocenters. The van der Waals surface area contributed by atoms with E-state index in [0.717, 1.165) is 35.5 Å². The lowest BCUT2D eigenvalue weighted by Gasteiger charge is -2.19. The maximum atomic E-state index is 13.3. The van der Waals surface area contributed by atoms with Gasteiger partial charge in [-0.25, -0.2) is 0 Å². The van der Waals surface area contributed by atoms with E-state index >= 15 is 0 Å². The van der Waals surface area contributed by atoms with Gasteiger partial charge >= 0.3 is 0 Å². The van der Waals surface area contributed by atoms with E-state index in [9.17, 15) is 14.4 Å². The molecule has 7 rings (SSSR count). The van der Waals surface area contributed by atoms with Gasteiger partial charge in [0.1, 0.15) is 6.10 Å².